The van der Waals surface area contributed by atoms with Crippen molar-refractivity contribution in [3.63, 3.8) is 0 Å². The van der Waals surface area contributed by atoms with E-state index >= 15 is 0 Å². The standard InChI is InChI=1S/C17H22N4.C9H12O/c1-11(2)15-13(5)20-21-17(16(15)12(3)4)19-10-14-7-6-8-18-9-14;1-3-10-9-6-4-8(2)5-7-9/h6-9H,10H2,1-5H3,(H,19,21);4-7H,3H2,1-2H3. The quantitative estimate of drug-likeness (QED) is 0.658. The lowest BCUT2D eigenvalue weighted by molar-refractivity contribution is 0.340. The highest BCUT2D eigenvalue weighted by atomic mass is 16.5. The lowest BCUT2D eigenvalue weighted by atomic mass is 10.1. The van der Waals surface area contributed by atoms with Crippen molar-refractivity contribution in [1.29, 1.82) is 0 Å². The van der Waals surface area contributed by atoms with Crippen LogP contribution in [0.15, 0.2) is 48.8 Å². The number of aryl methyl sites for hydroxylation is 2. The third kappa shape index (κ3) is 7.21. The van der Waals surface area contributed by atoms with Crippen molar-refractivity contribution in [2.24, 2.45) is 0 Å². The number of nitrogens with zero attached hydrogens (tertiary/aromatic N) is 3. The number of ether oxygens (including phenoxy) is 1. The first kappa shape index (κ1) is 24.1. The number of benzene rings is 1. The van der Waals surface area contributed by atoms with E-state index in [9.17, 15) is 0 Å². The van der Waals surface area contributed by atoms with E-state index in [1.54, 1.807) is 6.20 Å². The van der Waals surface area contributed by atoms with Gasteiger partial charge in [-0.05, 0) is 72.2 Å². The zero-order valence-corrected chi connectivity index (χ0v) is 19.8. The second kappa shape index (κ2) is 11.8. The van der Waals surface area contributed by atoms with Crippen molar-refractivity contribution in [3.05, 3.63) is 76.1 Å². The molecule has 0 fully saturated rings. The van der Waals surface area contributed by atoms with Gasteiger partial charge in [-0.1, -0.05) is 34.9 Å². The molecule has 3 aromatic rings. The van der Waals surface area contributed by atoms with Crippen LogP contribution in [0.5, 0.6) is 5.75 Å². The van der Waals surface area contributed by atoms with E-state index in [0.29, 0.717) is 6.54 Å². The first-order valence-electron chi connectivity index (χ1n) is 10.6. The molecule has 0 aliphatic rings. The summed E-state index contributed by atoms with van der Waals surface area (Å²) in [4.78, 5) is 4.13. The van der Waals surface area contributed by atoms with E-state index in [0.717, 1.165) is 34.7 Å². The predicted molar refractivity (Wildman–Crippen MR) is 129 cm³/mol. The summed E-state index contributed by atoms with van der Waals surface area (Å²) < 4.78 is 5.26. The molecule has 0 amide bonds. The van der Waals surface area contributed by atoms with E-state index in [4.69, 9.17) is 4.74 Å². The lowest BCUT2D eigenvalue weighted by Gasteiger charge is -2.09. The van der Waals surface area contributed by atoms with Gasteiger partial charge in [0.15, 0.2) is 5.82 Å². The second-order valence-electron chi connectivity index (χ2n) is 7.84. The van der Waals surface area contributed by atoms with Crippen LogP contribution in [0, 0.1) is 13.8 Å². The van der Waals surface area contributed by atoms with E-state index in [-0.39, 0.29) is 0 Å². The molecule has 1 N–H and O–H groups in total. The maximum Gasteiger partial charge on any atom is 0.156 e. The van der Waals surface area contributed by atoms with Crippen molar-refractivity contribution >= 4 is 17.0 Å². The Hall–Kier alpha value is -3.21. The molecule has 0 aliphatic heterocycles. The van der Waals surface area contributed by atoms with Gasteiger partial charge >= 0.3 is 0 Å². The van der Waals surface area contributed by atoms with Gasteiger partial charge in [0.25, 0.3) is 0 Å². The number of hydrogen-bond acceptors (Lipinski definition) is 5. The molecule has 5 heteroatoms. The minimum atomic E-state index is 0.689. The molecule has 0 saturated carbocycles. The summed E-state index contributed by atoms with van der Waals surface area (Å²) in [6.07, 6.45) is 3.63. The van der Waals surface area contributed by atoms with Crippen molar-refractivity contribution in [2.75, 3.05) is 11.9 Å². The minimum Gasteiger partial charge on any atom is -0.494 e. The topological polar surface area (TPSA) is 59.9 Å². The first-order valence-corrected chi connectivity index (χ1v) is 10.6. The average molecular weight is 419 g/mol. The number of anilines is 1. The molecule has 0 saturated heterocycles. The number of nitrogens with one attached hydrogen (secondary N) is 1. The maximum absolute atomic E-state index is 5.26. The Morgan fingerprint density at radius 3 is 2.13 bits per heavy atom. The van der Waals surface area contributed by atoms with E-state index in [1.165, 1.54) is 21.9 Å². The largest absolute Gasteiger partial charge is 0.494 e. The molecule has 164 valence electrons. The number of pyridine rings is 1. The van der Waals surface area contributed by atoms with Gasteiger partial charge in [-0.25, -0.2) is 0 Å². The molecule has 3 rings (SSSR count). The molecule has 0 bridgehead atoms. The van der Waals surface area contributed by atoms with Gasteiger partial charge in [-0.15, -0.1) is 5.10 Å². The van der Waals surface area contributed by atoms with Crippen LogP contribution in [0.1, 0.15) is 51.4 Å². The molecular weight excluding hydrogens is 384 g/mol. The molecule has 0 spiro atoms. The van der Waals surface area contributed by atoms with Gasteiger partial charge in [0.05, 0.1) is 12.3 Å². The Morgan fingerprint density at radius 1 is 0.903 bits per heavy atom. The van der Waals surface area contributed by atoms with Crippen molar-refractivity contribution in [3.8, 4) is 5.75 Å². The van der Waals surface area contributed by atoms with Gasteiger partial charge in [-0.2, -0.15) is 5.10 Å². The van der Waals surface area contributed by atoms with E-state index in [1.807, 2.05) is 56.4 Å². The van der Waals surface area contributed by atoms with Crippen LogP contribution in [-0.2, 0) is 6.54 Å². The van der Waals surface area contributed by atoms with Gasteiger partial charge in [0, 0.05) is 29.4 Å². The number of aromatic nitrogens is 3. The molecule has 0 aliphatic carbocycles. The van der Waals surface area contributed by atoms with Gasteiger partial charge in [-0.3, -0.25) is 4.98 Å². The molecule has 0 radical (unpaired) electrons. The summed E-state index contributed by atoms with van der Waals surface area (Å²) in [5, 5.41) is 14.4. The first-order chi connectivity index (χ1) is 14.8. The van der Waals surface area contributed by atoms with Crippen LogP contribution in [-0.4, -0.2) is 21.8 Å². The fourth-order valence-electron chi connectivity index (χ4n) is 3.24. The third-order valence-electron chi connectivity index (χ3n) is 4.66. The predicted octanol–water partition coefficient (Wildman–Crippen LogP) is 4.57. The SMILES string of the molecule is CC(C)=c1c(C)nnc(NCc2cccnc2)c1=C(C)C.CCOc1ccc(C)cc1. The zero-order valence-electron chi connectivity index (χ0n) is 19.8. The van der Waals surface area contributed by atoms with Crippen LogP contribution < -0.4 is 20.5 Å². The number of rotatable bonds is 5. The van der Waals surface area contributed by atoms with Gasteiger partial charge < -0.3 is 10.1 Å². The smallest absolute Gasteiger partial charge is 0.156 e. The van der Waals surface area contributed by atoms with Crippen LogP contribution in [0.25, 0.3) is 11.1 Å². The monoisotopic (exact) mass is 418 g/mol. The summed E-state index contributed by atoms with van der Waals surface area (Å²) in [6.45, 7) is 15.9. The summed E-state index contributed by atoms with van der Waals surface area (Å²) in [7, 11) is 0. The van der Waals surface area contributed by atoms with E-state index in [2.05, 4.69) is 55.1 Å². The zero-order chi connectivity index (χ0) is 22.8. The fourth-order valence-corrected chi connectivity index (χ4v) is 3.24. The molecule has 1 aromatic carbocycles. The molecule has 0 atom stereocenters. The summed E-state index contributed by atoms with van der Waals surface area (Å²) in [5.41, 5.74) is 5.85. The van der Waals surface area contributed by atoms with Crippen LogP contribution >= 0.6 is 0 Å². The normalized spacial score (nSPS) is 10.0. The summed E-state index contributed by atoms with van der Waals surface area (Å²) >= 11 is 0. The molecule has 2 aromatic heterocycles. The molecule has 2 heterocycles. The minimum absolute atomic E-state index is 0.689. The van der Waals surface area contributed by atoms with Crippen molar-refractivity contribution < 1.29 is 4.74 Å². The molecule has 5 nitrogen and oxygen atoms in total. The van der Waals surface area contributed by atoms with Crippen molar-refractivity contribution in [1.82, 2.24) is 15.2 Å². The van der Waals surface area contributed by atoms with Crippen LogP contribution in [0.3, 0.4) is 0 Å². The molecule has 31 heavy (non-hydrogen) atoms. The van der Waals surface area contributed by atoms with Crippen molar-refractivity contribution in [2.45, 2.75) is 55.0 Å². The fraction of sp³-hybridized carbons (Fsp3) is 0.346. The highest BCUT2D eigenvalue weighted by molar-refractivity contribution is 5.54. The average Bonchev–Trinajstić information content (AvgIpc) is 2.75. The Morgan fingerprint density at radius 2 is 1.58 bits per heavy atom. The molecule has 0 unspecified atom stereocenters. The van der Waals surface area contributed by atoms with Crippen LogP contribution in [0.4, 0.5) is 5.82 Å². The van der Waals surface area contributed by atoms with Gasteiger partial charge in [0.1, 0.15) is 5.75 Å². The Bertz CT molecular complexity index is 1080. The molecular formula is C26H34N4O. The van der Waals surface area contributed by atoms with Gasteiger partial charge in [0.2, 0.25) is 0 Å². The van der Waals surface area contributed by atoms with Crippen LogP contribution in [0.2, 0.25) is 0 Å². The lowest BCUT2D eigenvalue weighted by Crippen LogP contribution is -2.35. The highest BCUT2D eigenvalue weighted by Crippen LogP contribution is 2.10. The second-order valence-corrected chi connectivity index (χ2v) is 7.84. The summed E-state index contributed by atoms with van der Waals surface area (Å²) in [5.74, 6) is 1.79. The highest BCUT2D eigenvalue weighted by Gasteiger charge is 2.06. The maximum atomic E-state index is 5.26. The third-order valence-corrected chi connectivity index (χ3v) is 4.66. The number of hydrogen-bond donors (Lipinski definition) is 1. The Labute approximate surface area is 185 Å². The summed E-state index contributed by atoms with van der Waals surface area (Å²) in [6, 6.07) is 12.0. The van der Waals surface area contributed by atoms with E-state index < -0.39 is 0 Å². The Balaban J connectivity index is 0.000000285. The Kier molecular flexibility index (Phi) is 9.19.